The van der Waals surface area contributed by atoms with E-state index in [-0.39, 0.29) is 40.6 Å². The molecule has 2 heterocycles. The van der Waals surface area contributed by atoms with Crippen LogP contribution in [-0.4, -0.2) is 35.5 Å². The number of nitrogens with one attached hydrogen (secondary N) is 2. The third-order valence-corrected chi connectivity index (χ3v) is 6.30. The molecule has 0 aromatic rings. The van der Waals surface area contributed by atoms with Gasteiger partial charge in [0.25, 0.3) is 0 Å². The summed E-state index contributed by atoms with van der Waals surface area (Å²) in [6, 6.07) is -0.787. The van der Waals surface area contributed by atoms with Crippen LogP contribution in [-0.2, 0) is 25.3 Å². The monoisotopic (exact) mass is 519 g/mol. The Hall–Kier alpha value is -1.91. The van der Waals surface area contributed by atoms with Gasteiger partial charge in [0.05, 0.1) is 0 Å². The molecule has 2 N–H and O–H groups in total. The van der Waals surface area contributed by atoms with E-state index >= 15 is 0 Å². The summed E-state index contributed by atoms with van der Waals surface area (Å²) in [6.45, 7) is 10.6. The molecule has 0 saturated heterocycles. The molecule has 0 aromatic carbocycles. The first-order valence-corrected chi connectivity index (χ1v) is 11.4. The number of ketones is 2. The maximum absolute atomic E-state index is 12.2. The van der Waals surface area contributed by atoms with Gasteiger partial charge in [-0.05, 0) is 0 Å². The fourth-order valence-electron chi connectivity index (χ4n) is 3.33. The molecule has 9 heteroatoms. The maximum atomic E-state index is 12.2. The molecule has 0 aliphatic carbocycles. The number of hydrogen-bond donors (Lipinski definition) is 2. The van der Waals surface area contributed by atoms with E-state index in [1.165, 1.54) is 13.8 Å². The van der Waals surface area contributed by atoms with E-state index in [1.54, 1.807) is 0 Å². The van der Waals surface area contributed by atoms with Gasteiger partial charge >= 0.3 is 182 Å². The summed E-state index contributed by atoms with van der Waals surface area (Å²) in [4.78, 5) is 48.3. The van der Waals surface area contributed by atoms with E-state index < -0.39 is 39.9 Å². The first kappa shape index (κ1) is 23.4. The number of carbonyl (C=O) groups is 4. The molecule has 0 spiro atoms. The van der Waals surface area contributed by atoms with E-state index in [9.17, 15) is 19.2 Å². The molecular formula is C20H28IN2O6-. The molecule has 0 saturated carbocycles. The van der Waals surface area contributed by atoms with Gasteiger partial charge in [0.2, 0.25) is 0 Å². The molecular weight excluding hydrogens is 491 g/mol. The minimum absolute atomic E-state index is 0.0127. The average Bonchev–Trinajstić information content (AvgIpc) is 3.10. The van der Waals surface area contributed by atoms with Gasteiger partial charge in [-0.25, -0.2) is 0 Å². The number of carbonyl (C=O) groups excluding carboxylic acids is 4. The summed E-state index contributed by atoms with van der Waals surface area (Å²) in [5.74, 6) is -0.675. The predicted molar refractivity (Wildman–Crippen MR) is 100 cm³/mol. The molecule has 2 aliphatic rings. The normalized spacial score (nSPS) is 22.9. The molecule has 3 unspecified atom stereocenters. The van der Waals surface area contributed by atoms with Crippen molar-refractivity contribution in [2.45, 2.75) is 66.5 Å². The summed E-state index contributed by atoms with van der Waals surface area (Å²) in [5, 5.41) is 5.59. The van der Waals surface area contributed by atoms with Crippen LogP contribution in [0.2, 0.25) is 0 Å². The Labute approximate surface area is 182 Å². The van der Waals surface area contributed by atoms with Crippen molar-refractivity contribution in [3.8, 4) is 0 Å². The fourth-order valence-corrected chi connectivity index (χ4v) is 4.83. The third kappa shape index (κ3) is 5.18. The quantitative estimate of drug-likeness (QED) is 0.275. The van der Waals surface area contributed by atoms with Crippen molar-refractivity contribution < 1.29 is 47.3 Å². The van der Waals surface area contributed by atoms with Gasteiger partial charge in [0, 0.05) is 0 Å². The van der Waals surface area contributed by atoms with Crippen molar-refractivity contribution in [1.29, 1.82) is 0 Å². The van der Waals surface area contributed by atoms with E-state index in [0.717, 1.165) is 6.42 Å². The Balaban J connectivity index is 2.24. The molecule has 0 radical (unpaired) electrons. The molecule has 0 bridgehead atoms. The van der Waals surface area contributed by atoms with Gasteiger partial charge in [-0.1, -0.05) is 0 Å². The standard InChI is InChI=1S/C20H28IN2O6/c1-7-10(4)16-18(15(12(6)25)20(27)23-16)29-21-28-17-13(8-9(2)3)22-19(26)14(17)11(5)24/h9-10,13,16H,7-8H2,1-6H3,(H,22,26)(H,23,27)/q-1. The van der Waals surface area contributed by atoms with Crippen molar-refractivity contribution in [1.82, 2.24) is 10.6 Å². The number of halogens is 1. The van der Waals surface area contributed by atoms with Crippen LogP contribution in [0.25, 0.3) is 0 Å². The Morgan fingerprint density at radius 1 is 0.966 bits per heavy atom. The predicted octanol–water partition coefficient (Wildman–Crippen LogP) is -1.29. The second-order valence-corrected chi connectivity index (χ2v) is 9.04. The molecule has 8 nitrogen and oxygen atoms in total. The summed E-state index contributed by atoms with van der Waals surface area (Å²) in [7, 11) is 0. The van der Waals surface area contributed by atoms with E-state index in [2.05, 4.69) is 10.6 Å². The van der Waals surface area contributed by atoms with E-state index in [0.29, 0.717) is 17.9 Å². The second-order valence-electron chi connectivity index (χ2n) is 7.80. The Kier molecular flexibility index (Phi) is 7.84. The van der Waals surface area contributed by atoms with E-state index in [4.69, 9.17) is 6.13 Å². The van der Waals surface area contributed by atoms with Gasteiger partial charge in [-0.3, -0.25) is 0 Å². The summed E-state index contributed by atoms with van der Waals surface area (Å²) < 4.78 is 11.7. The summed E-state index contributed by atoms with van der Waals surface area (Å²) >= 11 is -1.46. The van der Waals surface area contributed by atoms with Crippen LogP contribution in [0.1, 0.15) is 54.4 Å². The van der Waals surface area contributed by atoms with Crippen LogP contribution < -0.4 is 32.7 Å². The van der Waals surface area contributed by atoms with Crippen LogP contribution in [0.15, 0.2) is 22.7 Å². The second kappa shape index (κ2) is 9.73. The first-order chi connectivity index (χ1) is 13.6. The SMILES string of the molecule is CCC(C)C1NC(=O)C(C(C)=O)=C1O[I-]OC1=C(C(C)=O)C(=O)NC1CC(C)C. The van der Waals surface area contributed by atoms with E-state index in [1.807, 2.05) is 27.7 Å². The Morgan fingerprint density at radius 3 is 2.00 bits per heavy atom. The molecule has 29 heavy (non-hydrogen) atoms. The van der Waals surface area contributed by atoms with Crippen LogP contribution in [0.5, 0.6) is 0 Å². The van der Waals surface area contributed by atoms with Crippen molar-refractivity contribution in [2.24, 2.45) is 11.8 Å². The molecule has 2 rings (SSSR count). The Morgan fingerprint density at radius 2 is 1.48 bits per heavy atom. The summed E-state index contributed by atoms with van der Waals surface area (Å²) in [5.41, 5.74) is 0.0255. The minimum atomic E-state index is -1.46. The molecule has 2 aliphatic heterocycles. The molecule has 0 fully saturated rings. The van der Waals surface area contributed by atoms with Gasteiger partial charge in [-0.15, -0.1) is 0 Å². The van der Waals surface area contributed by atoms with Crippen LogP contribution in [0.3, 0.4) is 0 Å². The number of amides is 2. The zero-order chi connectivity index (χ0) is 21.9. The molecule has 2 amide bonds. The van der Waals surface area contributed by atoms with Crippen molar-refractivity contribution in [2.75, 3.05) is 0 Å². The topological polar surface area (TPSA) is 111 Å². The molecule has 162 valence electrons. The van der Waals surface area contributed by atoms with Crippen LogP contribution in [0.4, 0.5) is 0 Å². The van der Waals surface area contributed by atoms with Crippen LogP contribution >= 0.6 is 0 Å². The zero-order valence-corrected chi connectivity index (χ0v) is 19.7. The molecule has 0 aromatic heterocycles. The number of hydrogen-bond acceptors (Lipinski definition) is 6. The van der Waals surface area contributed by atoms with Gasteiger partial charge in [0.15, 0.2) is 0 Å². The number of rotatable bonds is 10. The Bertz CT molecular complexity index is 786. The van der Waals surface area contributed by atoms with Gasteiger partial charge < -0.3 is 0 Å². The summed E-state index contributed by atoms with van der Waals surface area (Å²) in [6.07, 6.45) is 1.41. The fraction of sp³-hybridized carbons (Fsp3) is 0.600. The van der Waals surface area contributed by atoms with Crippen LogP contribution in [0, 0.1) is 11.8 Å². The average molecular weight is 519 g/mol. The van der Waals surface area contributed by atoms with Crippen molar-refractivity contribution in [3.63, 3.8) is 0 Å². The zero-order valence-electron chi connectivity index (χ0n) is 17.6. The third-order valence-electron chi connectivity index (χ3n) is 4.99. The van der Waals surface area contributed by atoms with Crippen molar-refractivity contribution in [3.05, 3.63) is 22.7 Å². The first-order valence-electron chi connectivity index (χ1n) is 9.69. The molecule has 3 atom stereocenters. The van der Waals surface area contributed by atoms with Crippen molar-refractivity contribution >= 4 is 23.4 Å². The number of Topliss-reactive ketones (excluding diaryl/α,β-unsaturated/α-hetero) is 2. The van der Waals surface area contributed by atoms with Gasteiger partial charge in [-0.2, -0.15) is 0 Å². The van der Waals surface area contributed by atoms with Gasteiger partial charge in [0.1, 0.15) is 0 Å².